The lowest BCUT2D eigenvalue weighted by molar-refractivity contribution is 0.167. The van der Waals surface area contributed by atoms with Gasteiger partial charge in [-0.05, 0) is 44.5 Å². The van der Waals surface area contributed by atoms with Crippen LogP contribution in [0, 0.1) is 0 Å². The van der Waals surface area contributed by atoms with Crippen LogP contribution in [0.25, 0.3) is 0 Å². The number of carbonyl (C=O) groups is 1. The van der Waals surface area contributed by atoms with Gasteiger partial charge in [-0.1, -0.05) is 30.3 Å². The Hall–Kier alpha value is -2.58. The third-order valence-electron chi connectivity index (χ3n) is 3.70. The number of ether oxygens (including phenoxy) is 2. The first-order valence-electron chi connectivity index (χ1n) is 8.65. The summed E-state index contributed by atoms with van der Waals surface area (Å²) in [5.74, 6) is 0.362. The molecule has 0 unspecified atom stereocenters. The van der Waals surface area contributed by atoms with Crippen molar-refractivity contribution in [2.75, 3.05) is 18.5 Å². The fraction of sp³-hybridized carbons (Fsp3) is 0.316. The van der Waals surface area contributed by atoms with Gasteiger partial charge in [-0.3, -0.25) is 5.32 Å². The predicted octanol–water partition coefficient (Wildman–Crippen LogP) is 3.69. The van der Waals surface area contributed by atoms with Crippen LogP contribution >= 0.6 is 0 Å². The van der Waals surface area contributed by atoms with Gasteiger partial charge in [0.2, 0.25) is 10.0 Å². The molecule has 7 nitrogen and oxygen atoms in total. The summed E-state index contributed by atoms with van der Waals surface area (Å²) in [7, 11) is -3.81. The van der Waals surface area contributed by atoms with E-state index >= 15 is 0 Å². The van der Waals surface area contributed by atoms with Gasteiger partial charge in [-0.2, -0.15) is 0 Å². The van der Waals surface area contributed by atoms with E-state index < -0.39 is 22.2 Å². The van der Waals surface area contributed by atoms with Gasteiger partial charge in [0.1, 0.15) is 5.75 Å². The summed E-state index contributed by atoms with van der Waals surface area (Å²) in [5.41, 5.74) is 1.07. The molecule has 2 aromatic rings. The molecule has 0 aliphatic rings. The predicted molar refractivity (Wildman–Crippen MR) is 103 cm³/mol. The van der Waals surface area contributed by atoms with Gasteiger partial charge in [0.05, 0.1) is 23.8 Å². The van der Waals surface area contributed by atoms with Crippen LogP contribution in [0.3, 0.4) is 0 Å². The molecule has 2 aromatic carbocycles. The van der Waals surface area contributed by atoms with Crippen molar-refractivity contribution in [3.05, 3.63) is 54.1 Å². The standard InChI is InChI=1S/C19H24N2O5S/c1-4-25-18-12-11-16(13-17(18)20-19(22)26-5-2)27(23,24)21-14(3)15-9-7-6-8-10-15/h6-14,21H,4-5H2,1-3H3,(H,20,22)/t14-/m0/s1. The van der Waals surface area contributed by atoms with E-state index in [4.69, 9.17) is 9.47 Å². The van der Waals surface area contributed by atoms with Crippen molar-refractivity contribution in [3.63, 3.8) is 0 Å². The van der Waals surface area contributed by atoms with Crippen LogP contribution < -0.4 is 14.8 Å². The third kappa shape index (κ3) is 5.70. The van der Waals surface area contributed by atoms with Gasteiger partial charge in [0.25, 0.3) is 0 Å². The smallest absolute Gasteiger partial charge is 0.411 e. The number of benzene rings is 2. The van der Waals surface area contributed by atoms with Gasteiger partial charge in [0.15, 0.2) is 0 Å². The second-order valence-electron chi connectivity index (χ2n) is 5.69. The van der Waals surface area contributed by atoms with Gasteiger partial charge in [0, 0.05) is 6.04 Å². The van der Waals surface area contributed by atoms with Crippen LogP contribution in [0.4, 0.5) is 10.5 Å². The number of anilines is 1. The molecule has 0 saturated carbocycles. The van der Waals surface area contributed by atoms with E-state index in [-0.39, 0.29) is 17.2 Å². The summed E-state index contributed by atoms with van der Waals surface area (Å²) >= 11 is 0. The van der Waals surface area contributed by atoms with Crippen LogP contribution in [-0.2, 0) is 14.8 Å². The molecule has 1 atom stereocenters. The second-order valence-corrected chi connectivity index (χ2v) is 7.40. The zero-order valence-electron chi connectivity index (χ0n) is 15.6. The van der Waals surface area contributed by atoms with Gasteiger partial charge >= 0.3 is 6.09 Å². The maximum Gasteiger partial charge on any atom is 0.411 e. The molecule has 8 heteroatoms. The molecule has 146 valence electrons. The molecule has 0 bridgehead atoms. The van der Waals surface area contributed by atoms with Crippen LogP contribution in [0.2, 0.25) is 0 Å². The van der Waals surface area contributed by atoms with Crippen molar-refractivity contribution in [2.24, 2.45) is 0 Å². The van der Waals surface area contributed by atoms with Crippen LogP contribution in [0.1, 0.15) is 32.4 Å². The molecule has 0 aromatic heterocycles. The Labute approximate surface area is 159 Å². The number of hydrogen-bond donors (Lipinski definition) is 2. The summed E-state index contributed by atoms with van der Waals surface area (Å²) in [5, 5.41) is 2.52. The molecule has 2 N–H and O–H groups in total. The molecule has 0 aliphatic carbocycles. The van der Waals surface area contributed by atoms with E-state index in [2.05, 4.69) is 10.0 Å². The molecule has 27 heavy (non-hydrogen) atoms. The first-order chi connectivity index (χ1) is 12.9. The molecule has 1 amide bonds. The van der Waals surface area contributed by atoms with Gasteiger partial charge < -0.3 is 9.47 Å². The molecular weight excluding hydrogens is 368 g/mol. The molecule has 0 heterocycles. The quantitative estimate of drug-likeness (QED) is 0.714. The number of sulfonamides is 1. The summed E-state index contributed by atoms with van der Waals surface area (Å²) in [6.45, 7) is 5.80. The minimum atomic E-state index is -3.81. The Morgan fingerprint density at radius 3 is 2.41 bits per heavy atom. The van der Waals surface area contributed by atoms with E-state index in [0.717, 1.165) is 5.56 Å². The average Bonchev–Trinajstić information content (AvgIpc) is 2.64. The van der Waals surface area contributed by atoms with E-state index in [9.17, 15) is 13.2 Å². The molecule has 2 rings (SSSR count). The van der Waals surface area contributed by atoms with Crippen LogP contribution in [0.5, 0.6) is 5.75 Å². The summed E-state index contributed by atoms with van der Waals surface area (Å²) in [4.78, 5) is 11.8. The highest BCUT2D eigenvalue weighted by Crippen LogP contribution is 2.29. The molecule has 0 aliphatic heterocycles. The topological polar surface area (TPSA) is 93.7 Å². The summed E-state index contributed by atoms with van der Waals surface area (Å²) in [6.07, 6.45) is -0.682. The Morgan fingerprint density at radius 2 is 1.78 bits per heavy atom. The molecule has 0 saturated heterocycles. The minimum Gasteiger partial charge on any atom is -0.492 e. The minimum absolute atomic E-state index is 0.0144. The van der Waals surface area contributed by atoms with Crippen molar-refractivity contribution >= 4 is 21.8 Å². The van der Waals surface area contributed by atoms with Crippen molar-refractivity contribution in [1.29, 1.82) is 0 Å². The summed E-state index contributed by atoms with van der Waals surface area (Å²) < 4.78 is 38.4. The maximum absolute atomic E-state index is 12.8. The lowest BCUT2D eigenvalue weighted by atomic mass is 10.1. The number of hydrogen-bond acceptors (Lipinski definition) is 5. The van der Waals surface area contributed by atoms with Gasteiger partial charge in [-0.25, -0.2) is 17.9 Å². The second kappa shape index (κ2) is 9.38. The number of amides is 1. The molecule has 0 fully saturated rings. The molecular formula is C19H24N2O5S. The largest absolute Gasteiger partial charge is 0.492 e. The fourth-order valence-corrected chi connectivity index (χ4v) is 3.70. The van der Waals surface area contributed by atoms with E-state index in [1.165, 1.54) is 18.2 Å². The lowest BCUT2D eigenvalue weighted by Gasteiger charge is -2.17. The third-order valence-corrected chi connectivity index (χ3v) is 5.24. The first-order valence-corrected chi connectivity index (χ1v) is 10.1. The Balaban J connectivity index is 2.28. The highest BCUT2D eigenvalue weighted by Gasteiger charge is 2.21. The van der Waals surface area contributed by atoms with E-state index in [1.54, 1.807) is 20.8 Å². The zero-order chi connectivity index (χ0) is 19.9. The Kier molecular flexibility index (Phi) is 7.20. The van der Waals surface area contributed by atoms with Crippen LogP contribution in [0.15, 0.2) is 53.4 Å². The monoisotopic (exact) mass is 392 g/mol. The lowest BCUT2D eigenvalue weighted by Crippen LogP contribution is -2.27. The molecule has 0 radical (unpaired) electrons. The normalized spacial score (nSPS) is 12.3. The fourth-order valence-electron chi connectivity index (χ4n) is 2.44. The van der Waals surface area contributed by atoms with E-state index in [1.807, 2.05) is 30.3 Å². The SMILES string of the molecule is CCOC(=O)Nc1cc(S(=O)(=O)N[C@@H](C)c2ccccc2)ccc1OCC. The van der Waals surface area contributed by atoms with E-state index in [0.29, 0.717) is 12.4 Å². The zero-order valence-corrected chi connectivity index (χ0v) is 16.4. The van der Waals surface area contributed by atoms with Crippen LogP contribution in [-0.4, -0.2) is 27.7 Å². The average molecular weight is 392 g/mol. The Morgan fingerprint density at radius 1 is 1.07 bits per heavy atom. The maximum atomic E-state index is 12.8. The van der Waals surface area contributed by atoms with Crippen molar-refractivity contribution in [3.8, 4) is 5.75 Å². The summed E-state index contributed by atoms with van der Waals surface area (Å²) in [6, 6.07) is 13.1. The molecule has 0 spiro atoms. The first kappa shape index (κ1) is 20.7. The van der Waals surface area contributed by atoms with Crippen molar-refractivity contribution in [1.82, 2.24) is 4.72 Å². The highest BCUT2D eigenvalue weighted by atomic mass is 32.2. The van der Waals surface area contributed by atoms with Crippen molar-refractivity contribution < 1.29 is 22.7 Å². The number of carbonyl (C=O) groups excluding carboxylic acids is 1. The number of rotatable bonds is 8. The van der Waals surface area contributed by atoms with Crippen molar-refractivity contribution in [2.45, 2.75) is 31.7 Å². The van der Waals surface area contributed by atoms with Gasteiger partial charge in [-0.15, -0.1) is 0 Å². The number of nitrogens with one attached hydrogen (secondary N) is 2. The highest BCUT2D eigenvalue weighted by molar-refractivity contribution is 7.89. The Bertz CT molecular complexity index is 869.